The second-order valence-corrected chi connectivity index (χ2v) is 3.33. The molecule has 4 heteroatoms. The Balaban J connectivity index is 2.41. The Morgan fingerprint density at radius 2 is 2.33 bits per heavy atom. The third-order valence-electron chi connectivity index (χ3n) is 2.22. The summed E-state index contributed by atoms with van der Waals surface area (Å²) in [5.74, 6) is -0.367. The fourth-order valence-corrected chi connectivity index (χ4v) is 1.58. The number of aromatic nitrogens is 1. The molecule has 2 aromatic rings. The molecule has 1 aromatic heterocycles. The van der Waals surface area contributed by atoms with Crippen molar-refractivity contribution in [2.45, 2.75) is 6.92 Å². The van der Waals surface area contributed by atoms with Crippen LogP contribution in [-0.4, -0.2) is 22.7 Å². The van der Waals surface area contributed by atoms with Crippen molar-refractivity contribution in [1.29, 1.82) is 0 Å². The molecule has 0 saturated heterocycles. The van der Waals surface area contributed by atoms with Gasteiger partial charge in [-0.1, -0.05) is 6.07 Å². The van der Waals surface area contributed by atoms with Crippen molar-refractivity contribution in [1.82, 2.24) is 4.98 Å². The van der Waals surface area contributed by atoms with E-state index in [1.54, 1.807) is 6.07 Å². The summed E-state index contributed by atoms with van der Waals surface area (Å²) in [5, 5.41) is 9.48. The summed E-state index contributed by atoms with van der Waals surface area (Å²) in [4.78, 5) is 13.5. The van der Waals surface area contributed by atoms with Crippen LogP contribution in [0.25, 0.3) is 10.9 Å². The first kappa shape index (κ1) is 9.58. The summed E-state index contributed by atoms with van der Waals surface area (Å²) >= 11 is 0. The molecular formula is C11H11NO3. The number of carboxylic acids is 1. The van der Waals surface area contributed by atoms with E-state index in [0.29, 0.717) is 5.75 Å². The number of benzene rings is 1. The maximum absolute atomic E-state index is 10.4. The number of carbonyl (C=O) groups is 1. The Hall–Kier alpha value is -1.97. The van der Waals surface area contributed by atoms with Gasteiger partial charge in [0.15, 0.2) is 6.61 Å². The predicted molar refractivity (Wildman–Crippen MR) is 56.2 cm³/mol. The van der Waals surface area contributed by atoms with Crippen LogP contribution in [0.1, 0.15) is 5.56 Å². The minimum atomic E-state index is -0.972. The van der Waals surface area contributed by atoms with E-state index < -0.39 is 5.97 Å². The van der Waals surface area contributed by atoms with Gasteiger partial charge in [-0.3, -0.25) is 0 Å². The zero-order chi connectivity index (χ0) is 10.8. The molecule has 0 fully saturated rings. The number of aromatic amines is 1. The standard InChI is InChI=1S/C11H11NO3/c1-7-5-12-8-3-2-4-9(11(7)8)15-6-10(13)14/h2-5,12H,6H2,1H3,(H,13,14). The molecule has 0 unspecified atom stereocenters. The van der Waals surface area contributed by atoms with Crippen molar-refractivity contribution in [3.05, 3.63) is 30.0 Å². The van der Waals surface area contributed by atoms with E-state index in [1.165, 1.54) is 0 Å². The first-order valence-electron chi connectivity index (χ1n) is 4.60. The number of H-pyrrole nitrogens is 1. The first-order valence-corrected chi connectivity index (χ1v) is 4.60. The second kappa shape index (κ2) is 3.65. The van der Waals surface area contributed by atoms with E-state index in [9.17, 15) is 4.79 Å². The van der Waals surface area contributed by atoms with E-state index in [0.717, 1.165) is 16.5 Å². The van der Waals surface area contributed by atoms with Crippen LogP contribution in [0.4, 0.5) is 0 Å². The van der Waals surface area contributed by atoms with Gasteiger partial charge in [0.25, 0.3) is 0 Å². The number of hydrogen-bond donors (Lipinski definition) is 2. The maximum atomic E-state index is 10.4. The van der Waals surface area contributed by atoms with Gasteiger partial charge >= 0.3 is 5.97 Å². The third kappa shape index (κ3) is 1.79. The number of aryl methyl sites for hydroxylation is 1. The zero-order valence-electron chi connectivity index (χ0n) is 8.28. The number of nitrogens with one attached hydrogen (secondary N) is 1. The number of carboxylic acid groups (broad SMARTS) is 1. The van der Waals surface area contributed by atoms with Crippen LogP contribution in [-0.2, 0) is 4.79 Å². The first-order chi connectivity index (χ1) is 7.18. The van der Waals surface area contributed by atoms with Gasteiger partial charge in [0.2, 0.25) is 0 Å². The zero-order valence-corrected chi connectivity index (χ0v) is 8.28. The van der Waals surface area contributed by atoms with E-state index in [1.807, 2.05) is 25.3 Å². The molecular weight excluding hydrogens is 194 g/mol. The molecule has 0 bridgehead atoms. The van der Waals surface area contributed by atoms with E-state index in [4.69, 9.17) is 9.84 Å². The lowest BCUT2D eigenvalue weighted by atomic mass is 10.2. The van der Waals surface area contributed by atoms with Crippen molar-refractivity contribution in [3.8, 4) is 5.75 Å². The summed E-state index contributed by atoms with van der Waals surface area (Å²) in [6.07, 6.45) is 1.87. The Morgan fingerprint density at radius 3 is 3.07 bits per heavy atom. The fraction of sp³-hybridized carbons (Fsp3) is 0.182. The summed E-state index contributed by atoms with van der Waals surface area (Å²) in [7, 11) is 0. The molecule has 15 heavy (non-hydrogen) atoms. The van der Waals surface area contributed by atoms with Gasteiger partial charge in [0.1, 0.15) is 5.75 Å². The molecule has 0 saturated carbocycles. The highest BCUT2D eigenvalue weighted by Gasteiger charge is 2.07. The molecule has 0 amide bonds. The van der Waals surface area contributed by atoms with Gasteiger partial charge in [-0.05, 0) is 24.6 Å². The van der Waals surface area contributed by atoms with Crippen LogP contribution in [0.15, 0.2) is 24.4 Å². The number of aliphatic carboxylic acids is 1. The molecule has 1 aromatic carbocycles. The Morgan fingerprint density at radius 1 is 1.53 bits per heavy atom. The minimum Gasteiger partial charge on any atom is -0.481 e. The van der Waals surface area contributed by atoms with Crippen molar-refractivity contribution in [3.63, 3.8) is 0 Å². The average Bonchev–Trinajstić information content (AvgIpc) is 2.58. The topological polar surface area (TPSA) is 62.3 Å². The lowest BCUT2D eigenvalue weighted by Crippen LogP contribution is -2.09. The summed E-state index contributed by atoms with van der Waals surface area (Å²) in [6.45, 7) is 1.64. The molecule has 0 aliphatic rings. The van der Waals surface area contributed by atoms with E-state index >= 15 is 0 Å². The van der Waals surface area contributed by atoms with Crippen LogP contribution in [0.3, 0.4) is 0 Å². The molecule has 0 atom stereocenters. The van der Waals surface area contributed by atoms with Crippen molar-refractivity contribution in [2.75, 3.05) is 6.61 Å². The van der Waals surface area contributed by atoms with Crippen molar-refractivity contribution in [2.24, 2.45) is 0 Å². The highest BCUT2D eigenvalue weighted by molar-refractivity contribution is 5.89. The molecule has 0 spiro atoms. The number of rotatable bonds is 3. The smallest absolute Gasteiger partial charge is 0.341 e. The predicted octanol–water partition coefficient (Wildman–Crippen LogP) is 1.94. The Labute approximate surface area is 86.5 Å². The lowest BCUT2D eigenvalue weighted by Gasteiger charge is -2.05. The molecule has 1 heterocycles. The molecule has 0 radical (unpaired) electrons. The van der Waals surface area contributed by atoms with Crippen LogP contribution >= 0.6 is 0 Å². The molecule has 2 N–H and O–H groups in total. The SMILES string of the molecule is Cc1c[nH]c2cccc(OCC(=O)O)c12. The van der Waals surface area contributed by atoms with Crippen molar-refractivity contribution < 1.29 is 14.6 Å². The Bertz CT molecular complexity index is 502. The Kier molecular flexibility index (Phi) is 2.33. The van der Waals surface area contributed by atoms with Gasteiger partial charge in [-0.2, -0.15) is 0 Å². The summed E-state index contributed by atoms with van der Waals surface area (Å²) in [6, 6.07) is 5.53. The number of hydrogen-bond acceptors (Lipinski definition) is 2. The molecule has 2 rings (SSSR count). The highest BCUT2D eigenvalue weighted by atomic mass is 16.5. The highest BCUT2D eigenvalue weighted by Crippen LogP contribution is 2.27. The summed E-state index contributed by atoms with van der Waals surface area (Å²) in [5.41, 5.74) is 2.00. The minimum absolute atomic E-state index is 0.316. The second-order valence-electron chi connectivity index (χ2n) is 3.33. The largest absolute Gasteiger partial charge is 0.481 e. The normalized spacial score (nSPS) is 10.5. The molecule has 0 aliphatic carbocycles. The van der Waals surface area contributed by atoms with Gasteiger partial charge < -0.3 is 14.8 Å². The molecule has 4 nitrogen and oxygen atoms in total. The monoisotopic (exact) mass is 205 g/mol. The summed E-state index contributed by atoms with van der Waals surface area (Å²) < 4.78 is 5.20. The van der Waals surface area contributed by atoms with Crippen LogP contribution in [0.5, 0.6) is 5.75 Å². The number of fused-ring (bicyclic) bond motifs is 1. The molecule has 78 valence electrons. The maximum Gasteiger partial charge on any atom is 0.341 e. The lowest BCUT2D eigenvalue weighted by molar-refractivity contribution is -0.139. The van der Waals surface area contributed by atoms with Gasteiger partial charge in [-0.25, -0.2) is 4.79 Å². The van der Waals surface area contributed by atoms with Crippen LogP contribution < -0.4 is 4.74 Å². The van der Waals surface area contributed by atoms with Crippen LogP contribution in [0, 0.1) is 6.92 Å². The van der Waals surface area contributed by atoms with E-state index in [2.05, 4.69) is 4.98 Å². The van der Waals surface area contributed by atoms with Gasteiger partial charge in [0, 0.05) is 17.1 Å². The third-order valence-corrected chi connectivity index (χ3v) is 2.22. The fourth-order valence-electron chi connectivity index (χ4n) is 1.58. The van der Waals surface area contributed by atoms with Crippen molar-refractivity contribution >= 4 is 16.9 Å². The molecule has 0 aliphatic heterocycles. The average molecular weight is 205 g/mol. The number of ether oxygens (including phenoxy) is 1. The van der Waals surface area contributed by atoms with Crippen LogP contribution in [0.2, 0.25) is 0 Å². The van der Waals surface area contributed by atoms with Gasteiger partial charge in [-0.15, -0.1) is 0 Å². The van der Waals surface area contributed by atoms with E-state index in [-0.39, 0.29) is 6.61 Å². The van der Waals surface area contributed by atoms with Gasteiger partial charge in [0.05, 0.1) is 0 Å². The quantitative estimate of drug-likeness (QED) is 0.804.